The number of carbonyl (C=O) groups is 1. The number of nitrogens with one attached hydrogen (secondary N) is 1. The van der Waals surface area contributed by atoms with Crippen molar-refractivity contribution in [2.24, 2.45) is 0 Å². The Morgan fingerprint density at radius 1 is 1.24 bits per heavy atom. The molecule has 110 valence electrons. The number of ether oxygens (including phenoxy) is 1. The van der Waals surface area contributed by atoms with E-state index in [1.165, 1.54) is 12.8 Å². The number of nitrogens with zero attached hydrogens (tertiary/aromatic N) is 2. The fourth-order valence-electron chi connectivity index (χ4n) is 2.54. The van der Waals surface area contributed by atoms with Gasteiger partial charge in [-0.05, 0) is 31.0 Å². The monoisotopic (exact) mass is 285 g/mol. The minimum atomic E-state index is -0.0969. The second-order valence-corrected chi connectivity index (χ2v) is 5.28. The van der Waals surface area contributed by atoms with Crippen molar-refractivity contribution >= 4 is 5.91 Å². The van der Waals surface area contributed by atoms with E-state index in [0.717, 1.165) is 18.6 Å². The molecular formula is C16H19N3O2. The summed E-state index contributed by atoms with van der Waals surface area (Å²) in [6.07, 6.45) is 6.30. The van der Waals surface area contributed by atoms with Gasteiger partial charge < -0.3 is 10.1 Å². The van der Waals surface area contributed by atoms with Gasteiger partial charge >= 0.3 is 0 Å². The summed E-state index contributed by atoms with van der Waals surface area (Å²) in [5.41, 5.74) is 0.443. The number of aromatic nitrogens is 2. The van der Waals surface area contributed by atoms with Crippen molar-refractivity contribution in [2.45, 2.75) is 38.5 Å². The van der Waals surface area contributed by atoms with Crippen molar-refractivity contribution in [2.75, 3.05) is 0 Å². The molecule has 1 heterocycles. The Labute approximate surface area is 123 Å². The lowest BCUT2D eigenvalue weighted by atomic mass is 10.2. The normalized spacial score (nSPS) is 15.0. The molecule has 1 N–H and O–H groups in total. The lowest BCUT2D eigenvalue weighted by molar-refractivity contribution is 0.0930. The Balaban J connectivity index is 1.54. The van der Waals surface area contributed by atoms with Gasteiger partial charge in [-0.1, -0.05) is 31.0 Å². The van der Waals surface area contributed by atoms with Crippen LogP contribution in [0.1, 0.15) is 36.2 Å². The molecule has 0 unspecified atom stereocenters. The quantitative estimate of drug-likeness (QED) is 0.918. The van der Waals surface area contributed by atoms with E-state index >= 15 is 0 Å². The molecule has 1 aromatic carbocycles. The maximum absolute atomic E-state index is 12.1. The van der Waals surface area contributed by atoms with E-state index in [-0.39, 0.29) is 5.91 Å². The van der Waals surface area contributed by atoms with Gasteiger partial charge in [0.05, 0.1) is 0 Å². The number of carbonyl (C=O) groups excluding carboxylic acids is 1. The number of hydrogen-bond acceptors (Lipinski definition) is 3. The molecular weight excluding hydrogens is 266 g/mol. The van der Waals surface area contributed by atoms with Crippen molar-refractivity contribution in [3.63, 3.8) is 0 Å². The van der Waals surface area contributed by atoms with Crippen molar-refractivity contribution < 1.29 is 9.53 Å². The molecule has 5 heteroatoms. The molecule has 21 heavy (non-hydrogen) atoms. The van der Waals surface area contributed by atoms with Gasteiger partial charge in [-0.25, -0.2) is 4.68 Å². The fraction of sp³-hybridized carbons (Fsp3) is 0.375. The summed E-state index contributed by atoms with van der Waals surface area (Å²) in [5.74, 6) is 0.685. The highest BCUT2D eigenvalue weighted by molar-refractivity contribution is 5.92. The molecule has 1 aliphatic rings. The predicted molar refractivity (Wildman–Crippen MR) is 79.0 cm³/mol. The smallest absolute Gasteiger partial charge is 0.271 e. The Hall–Kier alpha value is -2.30. The van der Waals surface area contributed by atoms with Crippen LogP contribution in [-0.4, -0.2) is 21.7 Å². The van der Waals surface area contributed by atoms with Gasteiger partial charge in [-0.3, -0.25) is 4.79 Å². The Bertz CT molecular complexity index is 589. The molecule has 0 atom stereocenters. The van der Waals surface area contributed by atoms with E-state index in [9.17, 15) is 4.79 Å². The third-order valence-electron chi connectivity index (χ3n) is 3.67. The number of para-hydroxylation sites is 1. The average molecular weight is 285 g/mol. The Kier molecular flexibility index (Phi) is 4.19. The largest absolute Gasteiger partial charge is 0.471 e. The SMILES string of the molecule is O=C(NC1CCCC1)c1ccn(COc2ccccc2)n1. The van der Waals surface area contributed by atoms with E-state index < -0.39 is 0 Å². The fourth-order valence-corrected chi connectivity index (χ4v) is 2.54. The van der Waals surface area contributed by atoms with Gasteiger partial charge in [-0.2, -0.15) is 5.10 Å². The summed E-state index contributed by atoms with van der Waals surface area (Å²) < 4.78 is 7.21. The zero-order valence-corrected chi connectivity index (χ0v) is 11.9. The van der Waals surface area contributed by atoms with Gasteiger partial charge in [0.2, 0.25) is 0 Å². The molecule has 1 fully saturated rings. The van der Waals surface area contributed by atoms with Crippen LogP contribution in [0.4, 0.5) is 0 Å². The van der Waals surface area contributed by atoms with Crippen molar-refractivity contribution in [3.05, 3.63) is 48.3 Å². The molecule has 0 aliphatic heterocycles. The number of rotatable bonds is 5. The van der Waals surface area contributed by atoms with Gasteiger partial charge in [0.25, 0.3) is 5.91 Å². The molecule has 2 aromatic rings. The first-order valence-electron chi connectivity index (χ1n) is 7.33. The summed E-state index contributed by atoms with van der Waals surface area (Å²) in [6, 6.07) is 11.6. The molecule has 0 radical (unpaired) electrons. The molecule has 5 nitrogen and oxygen atoms in total. The number of hydrogen-bond donors (Lipinski definition) is 1. The molecule has 1 aliphatic carbocycles. The van der Waals surface area contributed by atoms with Crippen LogP contribution in [0.15, 0.2) is 42.6 Å². The summed E-state index contributed by atoms with van der Waals surface area (Å²) in [6.45, 7) is 0.292. The van der Waals surface area contributed by atoms with Crippen LogP contribution in [-0.2, 0) is 6.73 Å². The van der Waals surface area contributed by atoms with Crippen LogP contribution in [0.2, 0.25) is 0 Å². The van der Waals surface area contributed by atoms with Crippen LogP contribution in [0.5, 0.6) is 5.75 Å². The van der Waals surface area contributed by atoms with Gasteiger partial charge in [0.1, 0.15) is 11.4 Å². The lowest BCUT2D eigenvalue weighted by Crippen LogP contribution is -2.32. The van der Waals surface area contributed by atoms with Crippen molar-refractivity contribution in [3.8, 4) is 5.75 Å². The second kappa shape index (κ2) is 6.43. The van der Waals surface area contributed by atoms with Crippen LogP contribution in [0.25, 0.3) is 0 Å². The number of benzene rings is 1. The Morgan fingerprint density at radius 3 is 2.76 bits per heavy atom. The molecule has 3 rings (SSSR count). The average Bonchev–Trinajstić information content (AvgIpc) is 3.17. The highest BCUT2D eigenvalue weighted by atomic mass is 16.5. The Morgan fingerprint density at radius 2 is 2.00 bits per heavy atom. The zero-order chi connectivity index (χ0) is 14.5. The van der Waals surface area contributed by atoms with Gasteiger partial charge in [0, 0.05) is 12.2 Å². The highest BCUT2D eigenvalue weighted by Crippen LogP contribution is 2.18. The topological polar surface area (TPSA) is 56.2 Å². The van der Waals surface area contributed by atoms with E-state index in [4.69, 9.17) is 4.74 Å². The first-order valence-corrected chi connectivity index (χ1v) is 7.33. The predicted octanol–water partition coefficient (Wildman–Crippen LogP) is 2.59. The van der Waals surface area contributed by atoms with Crippen molar-refractivity contribution in [1.82, 2.24) is 15.1 Å². The third kappa shape index (κ3) is 3.62. The highest BCUT2D eigenvalue weighted by Gasteiger charge is 2.19. The molecule has 1 aromatic heterocycles. The van der Waals surface area contributed by atoms with Crippen LogP contribution in [0.3, 0.4) is 0 Å². The molecule has 1 saturated carbocycles. The summed E-state index contributed by atoms with van der Waals surface area (Å²) in [7, 11) is 0. The van der Waals surface area contributed by atoms with Gasteiger partial charge in [-0.15, -0.1) is 0 Å². The van der Waals surface area contributed by atoms with Crippen molar-refractivity contribution in [1.29, 1.82) is 0 Å². The van der Waals surface area contributed by atoms with Crippen LogP contribution in [0, 0.1) is 0 Å². The molecule has 0 bridgehead atoms. The lowest BCUT2D eigenvalue weighted by Gasteiger charge is -2.10. The summed E-state index contributed by atoms with van der Waals surface area (Å²) in [5, 5.41) is 7.27. The van der Waals surface area contributed by atoms with E-state index in [0.29, 0.717) is 18.5 Å². The first kappa shape index (κ1) is 13.7. The van der Waals surface area contributed by atoms with E-state index in [1.54, 1.807) is 16.9 Å². The van der Waals surface area contributed by atoms with Crippen LogP contribution < -0.4 is 10.1 Å². The molecule has 0 saturated heterocycles. The zero-order valence-electron chi connectivity index (χ0n) is 11.9. The molecule has 0 spiro atoms. The van der Waals surface area contributed by atoms with Gasteiger partial charge in [0.15, 0.2) is 6.73 Å². The maximum Gasteiger partial charge on any atom is 0.271 e. The van der Waals surface area contributed by atoms with E-state index in [1.807, 2.05) is 30.3 Å². The minimum absolute atomic E-state index is 0.0969. The van der Waals surface area contributed by atoms with Crippen LogP contribution >= 0.6 is 0 Å². The van der Waals surface area contributed by atoms with E-state index in [2.05, 4.69) is 10.4 Å². The third-order valence-corrected chi connectivity index (χ3v) is 3.67. The minimum Gasteiger partial charge on any atom is -0.471 e. The summed E-state index contributed by atoms with van der Waals surface area (Å²) in [4.78, 5) is 12.1. The number of amides is 1. The standard InChI is InChI=1S/C16H19N3O2/c20-16(17-13-6-4-5-7-13)15-10-11-19(18-15)12-21-14-8-2-1-3-9-14/h1-3,8-11,13H,4-7,12H2,(H,17,20). The first-order chi connectivity index (χ1) is 10.3. The molecule has 1 amide bonds. The maximum atomic E-state index is 12.1. The second-order valence-electron chi connectivity index (χ2n) is 5.28. The summed E-state index contributed by atoms with van der Waals surface area (Å²) >= 11 is 0.